The topological polar surface area (TPSA) is 38.9 Å². The molecule has 1 aromatic rings. The Kier molecular flexibility index (Phi) is 2.35. The Balaban J connectivity index is 2.16. The molecule has 0 unspecified atom stereocenters. The zero-order chi connectivity index (χ0) is 10.3. The molecule has 3 rings (SSSR count). The van der Waals surface area contributed by atoms with E-state index in [9.17, 15) is 0 Å². The van der Waals surface area contributed by atoms with Crippen molar-refractivity contribution in [1.82, 2.24) is 4.98 Å². The number of aromatic nitrogens is 1. The van der Waals surface area contributed by atoms with Crippen LogP contribution in [0.4, 0.5) is 5.69 Å². The minimum absolute atomic E-state index is 1.07. The van der Waals surface area contributed by atoms with Crippen LogP contribution < -0.4 is 5.73 Å². The Morgan fingerprint density at radius 1 is 1.00 bits per heavy atom. The van der Waals surface area contributed by atoms with Crippen LogP contribution in [0.15, 0.2) is 0 Å². The Hall–Kier alpha value is -0.700. The lowest BCUT2D eigenvalue weighted by Gasteiger charge is -2.24. The van der Waals surface area contributed by atoms with Crippen molar-refractivity contribution in [1.29, 1.82) is 0 Å². The van der Waals surface area contributed by atoms with Crippen molar-refractivity contribution < 1.29 is 0 Å². The van der Waals surface area contributed by atoms with Gasteiger partial charge in [0.1, 0.15) is 0 Å². The highest BCUT2D eigenvalue weighted by Crippen LogP contribution is 2.34. The third kappa shape index (κ3) is 1.53. The van der Waals surface area contributed by atoms with Crippen LogP contribution in [0.2, 0.25) is 0 Å². The molecule has 0 amide bonds. The number of nitrogens with zero attached hydrogens (tertiary/aromatic N) is 1. The van der Waals surface area contributed by atoms with Gasteiger partial charge in [-0.3, -0.25) is 4.98 Å². The Bertz CT molecular complexity index is 367. The van der Waals surface area contributed by atoms with E-state index in [0.717, 1.165) is 30.7 Å². The van der Waals surface area contributed by atoms with E-state index in [2.05, 4.69) is 0 Å². The van der Waals surface area contributed by atoms with Gasteiger partial charge in [0.05, 0.1) is 0 Å². The Morgan fingerprint density at radius 3 is 2.73 bits per heavy atom. The highest BCUT2D eigenvalue weighted by Gasteiger charge is 2.21. The minimum Gasteiger partial charge on any atom is -0.398 e. The highest BCUT2D eigenvalue weighted by molar-refractivity contribution is 7.98. The molecule has 80 valence electrons. The standard InChI is InChI=1S/C12H16N2S/c13-12-8-3-1-2-4-10(8)14-11-5-6-15-7-9(11)12/h1-7H2,(H2,13,14). The van der Waals surface area contributed by atoms with Crippen LogP contribution in [0.1, 0.15) is 35.4 Å². The fourth-order valence-corrected chi connectivity index (χ4v) is 3.59. The van der Waals surface area contributed by atoms with Crippen LogP contribution in [0, 0.1) is 0 Å². The van der Waals surface area contributed by atoms with Gasteiger partial charge in [0.2, 0.25) is 0 Å². The first-order valence-corrected chi connectivity index (χ1v) is 6.88. The lowest BCUT2D eigenvalue weighted by Crippen LogP contribution is -2.16. The van der Waals surface area contributed by atoms with Crippen molar-refractivity contribution in [2.75, 3.05) is 11.5 Å². The molecule has 15 heavy (non-hydrogen) atoms. The van der Waals surface area contributed by atoms with Gasteiger partial charge in [0, 0.05) is 28.4 Å². The first-order valence-electron chi connectivity index (χ1n) is 5.73. The summed E-state index contributed by atoms with van der Waals surface area (Å²) in [6, 6.07) is 0. The molecule has 0 fully saturated rings. The van der Waals surface area contributed by atoms with E-state index in [0.29, 0.717) is 0 Å². The molecule has 0 radical (unpaired) electrons. The number of hydrogen-bond acceptors (Lipinski definition) is 3. The third-order valence-corrected chi connectivity index (χ3v) is 4.42. The fourth-order valence-electron chi connectivity index (χ4n) is 2.58. The number of thioether (sulfide) groups is 1. The van der Waals surface area contributed by atoms with E-state index < -0.39 is 0 Å². The van der Waals surface area contributed by atoms with Gasteiger partial charge in [-0.2, -0.15) is 11.8 Å². The van der Waals surface area contributed by atoms with Crippen LogP contribution in [-0.4, -0.2) is 10.7 Å². The number of fused-ring (bicyclic) bond motifs is 2. The van der Waals surface area contributed by atoms with Crippen molar-refractivity contribution in [3.8, 4) is 0 Å². The summed E-state index contributed by atoms with van der Waals surface area (Å²) in [4.78, 5) is 4.82. The van der Waals surface area contributed by atoms with Crippen LogP contribution in [0.3, 0.4) is 0 Å². The Labute approximate surface area is 94.7 Å². The first-order chi connectivity index (χ1) is 7.36. The predicted octanol–water partition coefficient (Wildman–Crippen LogP) is 2.33. The number of pyridine rings is 1. The monoisotopic (exact) mass is 220 g/mol. The zero-order valence-electron chi connectivity index (χ0n) is 8.88. The molecule has 0 aromatic carbocycles. The molecule has 2 aliphatic rings. The number of aryl methyl sites for hydroxylation is 2. The maximum absolute atomic E-state index is 6.27. The summed E-state index contributed by atoms with van der Waals surface area (Å²) in [7, 11) is 0. The smallest absolute Gasteiger partial charge is 0.0476 e. The molecular weight excluding hydrogens is 204 g/mol. The predicted molar refractivity (Wildman–Crippen MR) is 65.2 cm³/mol. The average Bonchev–Trinajstić information content (AvgIpc) is 2.30. The van der Waals surface area contributed by atoms with E-state index in [1.807, 2.05) is 11.8 Å². The van der Waals surface area contributed by atoms with E-state index >= 15 is 0 Å². The van der Waals surface area contributed by atoms with Gasteiger partial charge in [-0.05, 0) is 43.4 Å². The first kappa shape index (κ1) is 9.52. The zero-order valence-corrected chi connectivity index (χ0v) is 9.70. The molecule has 0 atom stereocenters. The van der Waals surface area contributed by atoms with Crippen LogP contribution >= 0.6 is 11.8 Å². The number of anilines is 1. The summed E-state index contributed by atoms with van der Waals surface area (Å²) < 4.78 is 0. The second-order valence-electron chi connectivity index (χ2n) is 4.39. The van der Waals surface area contributed by atoms with Gasteiger partial charge < -0.3 is 5.73 Å². The lowest BCUT2D eigenvalue weighted by atomic mass is 9.92. The highest BCUT2D eigenvalue weighted by atomic mass is 32.2. The molecule has 2 nitrogen and oxygen atoms in total. The van der Waals surface area contributed by atoms with Crippen molar-refractivity contribution in [3.63, 3.8) is 0 Å². The van der Waals surface area contributed by atoms with Crippen molar-refractivity contribution in [2.45, 2.75) is 37.9 Å². The molecule has 0 spiro atoms. The number of nitrogen functional groups attached to an aromatic ring is 1. The van der Waals surface area contributed by atoms with Crippen LogP contribution in [-0.2, 0) is 25.0 Å². The Morgan fingerprint density at radius 2 is 1.80 bits per heavy atom. The fraction of sp³-hybridized carbons (Fsp3) is 0.583. The van der Waals surface area contributed by atoms with E-state index in [-0.39, 0.29) is 0 Å². The second-order valence-corrected chi connectivity index (χ2v) is 5.49. The molecule has 2 heterocycles. The van der Waals surface area contributed by atoms with Crippen molar-refractivity contribution in [2.24, 2.45) is 0 Å². The van der Waals surface area contributed by atoms with E-state index in [4.69, 9.17) is 10.7 Å². The molecule has 1 aliphatic heterocycles. The molecule has 0 saturated heterocycles. The van der Waals surface area contributed by atoms with Gasteiger partial charge in [0.15, 0.2) is 0 Å². The molecular formula is C12H16N2S. The largest absolute Gasteiger partial charge is 0.398 e. The normalized spacial score (nSPS) is 19.5. The molecule has 0 bridgehead atoms. The molecule has 2 N–H and O–H groups in total. The summed E-state index contributed by atoms with van der Waals surface area (Å²) in [6.07, 6.45) is 5.96. The molecule has 0 saturated carbocycles. The quantitative estimate of drug-likeness (QED) is 0.729. The maximum Gasteiger partial charge on any atom is 0.0476 e. The summed E-state index contributed by atoms with van der Waals surface area (Å²) in [5.74, 6) is 2.28. The van der Waals surface area contributed by atoms with Crippen molar-refractivity contribution in [3.05, 3.63) is 22.5 Å². The average molecular weight is 220 g/mol. The molecule has 1 aliphatic carbocycles. The van der Waals surface area contributed by atoms with Gasteiger partial charge in [-0.25, -0.2) is 0 Å². The van der Waals surface area contributed by atoms with E-state index in [1.54, 1.807) is 0 Å². The van der Waals surface area contributed by atoms with Gasteiger partial charge in [-0.1, -0.05) is 0 Å². The summed E-state index contributed by atoms with van der Waals surface area (Å²) in [5, 5.41) is 0. The van der Waals surface area contributed by atoms with Crippen LogP contribution in [0.5, 0.6) is 0 Å². The van der Waals surface area contributed by atoms with Gasteiger partial charge >= 0.3 is 0 Å². The SMILES string of the molecule is Nc1c2c(nc3c1CSCC3)CCCC2. The molecule has 3 heteroatoms. The third-order valence-electron chi connectivity index (χ3n) is 3.44. The van der Waals surface area contributed by atoms with Gasteiger partial charge in [-0.15, -0.1) is 0 Å². The number of hydrogen-bond donors (Lipinski definition) is 1. The summed E-state index contributed by atoms with van der Waals surface area (Å²) in [5.41, 5.74) is 12.6. The maximum atomic E-state index is 6.27. The number of rotatable bonds is 0. The van der Waals surface area contributed by atoms with E-state index in [1.165, 1.54) is 41.1 Å². The summed E-state index contributed by atoms with van der Waals surface area (Å²) >= 11 is 1.98. The van der Waals surface area contributed by atoms with Crippen LogP contribution in [0.25, 0.3) is 0 Å². The number of nitrogens with two attached hydrogens (primary N) is 1. The lowest BCUT2D eigenvalue weighted by molar-refractivity contribution is 0.663. The second kappa shape index (κ2) is 3.71. The van der Waals surface area contributed by atoms with Crippen molar-refractivity contribution >= 4 is 17.4 Å². The van der Waals surface area contributed by atoms with Gasteiger partial charge in [0.25, 0.3) is 0 Å². The molecule has 1 aromatic heterocycles. The minimum atomic E-state index is 1.07. The summed E-state index contributed by atoms with van der Waals surface area (Å²) in [6.45, 7) is 0.